The fourth-order valence-corrected chi connectivity index (χ4v) is 1.57. The molecule has 0 aromatic heterocycles. The van der Waals surface area contributed by atoms with E-state index in [2.05, 4.69) is 5.32 Å². The number of rotatable bonds is 2. The van der Waals surface area contributed by atoms with Crippen molar-refractivity contribution in [3.8, 4) is 0 Å². The molecular formula is C12H12F3NO. The van der Waals surface area contributed by atoms with E-state index in [0.29, 0.717) is 0 Å². The summed E-state index contributed by atoms with van der Waals surface area (Å²) in [6.07, 6.45) is -2.60. The summed E-state index contributed by atoms with van der Waals surface area (Å²) in [7, 11) is 0. The smallest absolute Gasteiger partial charge is 0.349 e. The molecule has 0 unspecified atom stereocenters. The van der Waals surface area contributed by atoms with E-state index in [4.69, 9.17) is 0 Å². The van der Waals surface area contributed by atoms with Crippen LogP contribution in [0.15, 0.2) is 18.2 Å². The van der Waals surface area contributed by atoms with Gasteiger partial charge in [0.05, 0.1) is 5.56 Å². The van der Waals surface area contributed by atoms with E-state index in [1.54, 1.807) is 0 Å². The van der Waals surface area contributed by atoms with Crippen LogP contribution in [0.4, 0.5) is 13.2 Å². The maximum atomic E-state index is 12.6. The Labute approximate surface area is 96.8 Å². The van der Waals surface area contributed by atoms with Crippen LogP contribution in [-0.4, -0.2) is 11.9 Å². The Hall–Kier alpha value is -1.52. The van der Waals surface area contributed by atoms with E-state index >= 15 is 0 Å². The molecule has 1 N–H and O–H groups in total. The summed E-state index contributed by atoms with van der Waals surface area (Å²) in [5.41, 5.74) is -0.559. The number of halogens is 3. The van der Waals surface area contributed by atoms with Gasteiger partial charge in [-0.05, 0) is 37.5 Å². The Balaban J connectivity index is 2.26. The molecule has 0 saturated heterocycles. The molecule has 0 atom stereocenters. The molecule has 0 spiro atoms. The van der Waals surface area contributed by atoms with Gasteiger partial charge in [-0.25, -0.2) is 0 Å². The first-order valence-electron chi connectivity index (χ1n) is 5.36. The highest BCUT2D eigenvalue weighted by atomic mass is 19.4. The zero-order valence-electron chi connectivity index (χ0n) is 9.27. The van der Waals surface area contributed by atoms with E-state index in [9.17, 15) is 18.0 Å². The van der Waals surface area contributed by atoms with Crippen molar-refractivity contribution < 1.29 is 18.0 Å². The van der Waals surface area contributed by atoms with Gasteiger partial charge in [-0.2, -0.15) is 13.2 Å². The van der Waals surface area contributed by atoms with Crippen molar-refractivity contribution in [3.63, 3.8) is 0 Å². The molecule has 1 amide bonds. The molecular weight excluding hydrogens is 231 g/mol. The van der Waals surface area contributed by atoms with Gasteiger partial charge in [0.25, 0.3) is 5.91 Å². The largest absolute Gasteiger partial charge is 0.416 e. The Bertz CT molecular complexity index is 450. The van der Waals surface area contributed by atoms with Crippen LogP contribution in [0.3, 0.4) is 0 Å². The topological polar surface area (TPSA) is 29.1 Å². The number of carbonyl (C=O) groups excluding carboxylic acids is 1. The number of alkyl halides is 3. The van der Waals surface area contributed by atoms with Crippen LogP contribution in [-0.2, 0) is 6.18 Å². The second kappa shape index (κ2) is 4.05. The van der Waals surface area contributed by atoms with Crippen molar-refractivity contribution in [2.75, 3.05) is 0 Å². The van der Waals surface area contributed by atoms with Crippen LogP contribution in [0.2, 0.25) is 0 Å². The lowest BCUT2D eigenvalue weighted by Crippen LogP contribution is -2.25. The van der Waals surface area contributed by atoms with E-state index in [1.165, 1.54) is 19.1 Å². The van der Waals surface area contributed by atoms with E-state index in [0.717, 1.165) is 18.9 Å². The average Bonchev–Trinajstić information content (AvgIpc) is 3.00. The first-order chi connectivity index (χ1) is 7.88. The summed E-state index contributed by atoms with van der Waals surface area (Å²) in [5, 5.41) is 2.66. The number of amides is 1. The van der Waals surface area contributed by atoms with Gasteiger partial charge >= 0.3 is 6.18 Å². The molecule has 0 aliphatic heterocycles. The number of aryl methyl sites for hydroxylation is 1. The van der Waals surface area contributed by atoms with Gasteiger partial charge in [0.1, 0.15) is 0 Å². The highest BCUT2D eigenvalue weighted by molar-refractivity contribution is 5.94. The molecule has 1 aromatic carbocycles. The normalized spacial score (nSPS) is 15.8. The van der Waals surface area contributed by atoms with Crippen molar-refractivity contribution in [2.45, 2.75) is 32.0 Å². The van der Waals surface area contributed by atoms with E-state index in [-0.39, 0.29) is 17.2 Å². The lowest BCUT2D eigenvalue weighted by Gasteiger charge is -2.12. The van der Waals surface area contributed by atoms with Crippen LogP contribution in [0, 0.1) is 6.92 Å². The molecule has 1 aliphatic carbocycles. The third-order valence-corrected chi connectivity index (χ3v) is 2.72. The van der Waals surface area contributed by atoms with E-state index < -0.39 is 17.6 Å². The lowest BCUT2D eigenvalue weighted by molar-refractivity contribution is -0.138. The molecule has 1 aromatic rings. The molecule has 2 nitrogen and oxygen atoms in total. The average molecular weight is 243 g/mol. The van der Waals surface area contributed by atoms with Crippen LogP contribution >= 0.6 is 0 Å². The predicted molar refractivity (Wildman–Crippen MR) is 56.7 cm³/mol. The van der Waals surface area contributed by atoms with E-state index in [1.807, 2.05) is 0 Å². The highest BCUT2D eigenvalue weighted by Crippen LogP contribution is 2.32. The van der Waals surface area contributed by atoms with Crippen LogP contribution in [0.1, 0.15) is 34.3 Å². The van der Waals surface area contributed by atoms with Gasteiger partial charge in [-0.3, -0.25) is 4.79 Å². The molecule has 1 saturated carbocycles. The minimum Gasteiger partial charge on any atom is -0.349 e. The van der Waals surface area contributed by atoms with Gasteiger partial charge in [-0.1, -0.05) is 6.07 Å². The number of benzene rings is 1. The third-order valence-electron chi connectivity index (χ3n) is 2.72. The molecule has 0 bridgehead atoms. The highest BCUT2D eigenvalue weighted by Gasteiger charge is 2.33. The van der Waals surface area contributed by atoms with Gasteiger partial charge in [0, 0.05) is 11.6 Å². The Morgan fingerprint density at radius 1 is 1.35 bits per heavy atom. The van der Waals surface area contributed by atoms with Crippen LogP contribution < -0.4 is 5.32 Å². The zero-order chi connectivity index (χ0) is 12.6. The molecule has 2 rings (SSSR count). The number of carbonyl (C=O) groups is 1. The number of nitrogens with one attached hydrogen (secondary N) is 1. The predicted octanol–water partition coefficient (Wildman–Crippen LogP) is 2.91. The van der Waals surface area contributed by atoms with Gasteiger partial charge in [0.15, 0.2) is 0 Å². The third kappa shape index (κ3) is 2.78. The standard InChI is InChI=1S/C12H12F3NO/c1-7-2-3-8(6-10(7)12(13,14)15)11(17)16-9-4-5-9/h2-3,6,9H,4-5H2,1H3,(H,16,17). The fourth-order valence-electron chi connectivity index (χ4n) is 1.57. The van der Waals surface area contributed by atoms with Crippen molar-refractivity contribution in [1.82, 2.24) is 5.32 Å². The van der Waals surface area contributed by atoms with Gasteiger partial charge < -0.3 is 5.32 Å². The summed E-state index contributed by atoms with van der Waals surface area (Å²) in [6.45, 7) is 1.38. The Morgan fingerprint density at radius 3 is 2.53 bits per heavy atom. The van der Waals surface area contributed by atoms with Crippen LogP contribution in [0.5, 0.6) is 0 Å². The van der Waals surface area contributed by atoms with Crippen molar-refractivity contribution in [3.05, 3.63) is 34.9 Å². The number of hydrogen-bond donors (Lipinski definition) is 1. The first-order valence-corrected chi connectivity index (χ1v) is 5.36. The maximum absolute atomic E-state index is 12.6. The van der Waals surface area contributed by atoms with Crippen LogP contribution in [0.25, 0.3) is 0 Å². The van der Waals surface area contributed by atoms with Crippen molar-refractivity contribution in [2.24, 2.45) is 0 Å². The zero-order valence-corrected chi connectivity index (χ0v) is 9.27. The summed E-state index contributed by atoms with van der Waals surface area (Å²) in [5.74, 6) is -0.432. The second-order valence-corrected chi connectivity index (χ2v) is 4.28. The first kappa shape index (κ1) is 12.0. The number of hydrogen-bond acceptors (Lipinski definition) is 1. The Kier molecular flexibility index (Phi) is 2.85. The monoisotopic (exact) mass is 243 g/mol. The molecule has 0 radical (unpaired) electrons. The molecule has 0 heterocycles. The second-order valence-electron chi connectivity index (χ2n) is 4.28. The fraction of sp³-hybridized carbons (Fsp3) is 0.417. The van der Waals surface area contributed by atoms with Gasteiger partial charge in [-0.15, -0.1) is 0 Å². The van der Waals surface area contributed by atoms with Crippen molar-refractivity contribution in [1.29, 1.82) is 0 Å². The van der Waals surface area contributed by atoms with Crippen molar-refractivity contribution >= 4 is 5.91 Å². The lowest BCUT2D eigenvalue weighted by atomic mass is 10.0. The Morgan fingerprint density at radius 2 is 2.00 bits per heavy atom. The molecule has 17 heavy (non-hydrogen) atoms. The summed E-state index contributed by atoms with van der Waals surface area (Å²) in [6, 6.07) is 3.79. The minimum atomic E-state index is -4.42. The molecule has 5 heteroatoms. The quantitative estimate of drug-likeness (QED) is 0.850. The maximum Gasteiger partial charge on any atom is 0.416 e. The van der Waals surface area contributed by atoms with Gasteiger partial charge in [0.2, 0.25) is 0 Å². The summed E-state index contributed by atoms with van der Waals surface area (Å²) >= 11 is 0. The summed E-state index contributed by atoms with van der Waals surface area (Å²) in [4.78, 5) is 11.6. The summed E-state index contributed by atoms with van der Waals surface area (Å²) < 4.78 is 37.9. The molecule has 92 valence electrons. The SMILES string of the molecule is Cc1ccc(C(=O)NC2CC2)cc1C(F)(F)F. The minimum absolute atomic E-state index is 0.0647. The molecule has 1 aliphatic rings. The molecule has 1 fully saturated rings.